The van der Waals surface area contributed by atoms with Gasteiger partial charge in [0, 0.05) is 0 Å². The van der Waals surface area contributed by atoms with E-state index >= 15 is 0 Å². The molecule has 3 heteroatoms. The first-order chi connectivity index (χ1) is 13.4. The van der Waals surface area contributed by atoms with Gasteiger partial charge in [0.05, 0.1) is 0 Å². The van der Waals surface area contributed by atoms with Crippen LogP contribution in [0.25, 0.3) is 0 Å². The number of ether oxygens (including phenoxy) is 1. The standard InChI is InChI=1S/C25H38GeOSi/c1-7-26(8-2,9-3)17-18-28(22-13-11-10-12-14-22)20-25(4,5)23-16-15-21(27-6)19-24(23)28/h10-16,19H,7-9,17-18,20H2,1-6H3/t28-/m0/s1. The first kappa shape index (κ1) is 21.7. The summed E-state index contributed by atoms with van der Waals surface area (Å²) in [5.41, 5.74) is 1.83. The molecule has 0 saturated heterocycles. The summed E-state index contributed by atoms with van der Waals surface area (Å²) < 4.78 is 5.68. The summed E-state index contributed by atoms with van der Waals surface area (Å²) in [5.74, 6) is 1.03. The summed E-state index contributed by atoms with van der Waals surface area (Å²) >= 11 is -1.72. The van der Waals surface area contributed by atoms with E-state index in [1.165, 1.54) is 33.1 Å². The van der Waals surface area contributed by atoms with Crippen LogP contribution in [0.1, 0.15) is 40.2 Å². The van der Waals surface area contributed by atoms with E-state index in [-0.39, 0.29) is 5.41 Å². The van der Waals surface area contributed by atoms with Crippen LogP contribution in [0.4, 0.5) is 0 Å². The van der Waals surface area contributed by atoms with Crippen molar-refractivity contribution >= 4 is 31.7 Å². The molecule has 28 heavy (non-hydrogen) atoms. The van der Waals surface area contributed by atoms with Gasteiger partial charge < -0.3 is 0 Å². The van der Waals surface area contributed by atoms with E-state index in [1.807, 2.05) is 0 Å². The Morgan fingerprint density at radius 1 is 0.964 bits per heavy atom. The van der Waals surface area contributed by atoms with Gasteiger partial charge in [-0.05, 0) is 0 Å². The average molecular weight is 455 g/mol. The van der Waals surface area contributed by atoms with E-state index in [1.54, 1.807) is 23.0 Å². The number of rotatable bonds is 8. The van der Waals surface area contributed by atoms with Crippen molar-refractivity contribution in [3.8, 4) is 5.75 Å². The molecule has 0 saturated carbocycles. The molecule has 0 radical (unpaired) electrons. The van der Waals surface area contributed by atoms with Gasteiger partial charge in [0.25, 0.3) is 0 Å². The molecule has 1 aliphatic rings. The second kappa shape index (κ2) is 8.39. The van der Waals surface area contributed by atoms with E-state index in [9.17, 15) is 0 Å². The predicted molar refractivity (Wildman–Crippen MR) is 129 cm³/mol. The number of hydrogen-bond donors (Lipinski definition) is 0. The molecule has 0 aliphatic carbocycles. The van der Waals surface area contributed by atoms with Crippen molar-refractivity contribution in [3.63, 3.8) is 0 Å². The third-order valence-electron chi connectivity index (χ3n) is 7.87. The van der Waals surface area contributed by atoms with E-state index in [0.29, 0.717) is 0 Å². The molecule has 0 amide bonds. The van der Waals surface area contributed by atoms with Crippen LogP contribution in [0.5, 0.6) is 5.75 Å². The van der Waals surface area contributed by atoms with Gasteiger partial charge in [0.15, 0.2) is 0 Å². The van der Waals surface area contributed by atoms with Gasteiger partial charge >= 0.3 is 177 Å². The molecule has 1 heterocycles. The van der Waals surface area contributed by atoms with Gasteiger partial charge in [0.1, 0.15) is 0 Å². The zero-order valence-electron chi connectivity index (χ0n) is 18.8. The topological polar surface area (TPSA) is 9.23 Å². The summed E-state index contributed by atoms with van der Waals surface area (Å²) in [6, 6.07) is 21.2. The molecular weight excluding hydrogens is 417 g/mol. The van der Waals surface area contributed by atoms with Gasteiger partial charge in [-0.25, -0.2) is 0 Å². The van der Waals surface area contributed by atoms with Crippen molar-refractivity contribution in [2.75, 3.05) is 7.11 Å². The van der Waals surface area contributed by atoms with Crippen molar-refractivity contribution in [2.45, 2.75) is 73.1 Å². The molecule has 0 spiro atoms. The molecule has 0 unspecified atom stereocenters. The zero-order valence-corrected chi connectivity index (χ0v) is 21.9. The van der Waals surface area contributed by atoms with Crippen LogP contribution >= 0.6 is 0 Å². The van der Waals surface area contributed by atoms with Crippen LogP contribution in [-0.4, -0.2) is 28.4 Å². The molecule has 0 N–H and O–H groups in total. The van der Waals surface area contributed by atoms with Gasteiger partial charge in [-0.2, -0.15) is 0 Å². The number of benzene rings is 2. The Hall–Kier alpha value is -1.00. The van der Waals surface area contributed by atoms with Crippen LogP contribution in [0.15, 0.2) is 48.5 Å². The fraction of sp³-hybridized carbons (Fsp3) is 0.520. The third kappa shape index (κ3) is 3.75. The Kier molecular flexibility index (Phi) is 6.51. The summed E-state index contributed by atoms with van der Waals surface area (Å²) in [6.07, 6.45) is 0. The maximum atomic E-state index is 5.68. The SMILES string of the molecule is C[CH2][Ge]([CH2]C)([CH2]C)[CH2]C[Si@@]1(c2ccccc2)CC(C)(C)c2ccc(OC)cc21. The monoisotopic (exact) mass is 456 g/mol. The van der Waals surface area contributed by atoms with Crippen LogP contribution in [0, 0.1) is 0 Å². The molecule has 0 aromatic heterocycles. The minimum atomic E-state index is -1.80. The molecule has 2 aromatic carbocycles. The first-order valence-electron chi connectivity index (χ1n) is 11.1. The van der Waals surface area contributed by atoms with Crippen molar-refractivity contribution in [1.82, 2.24) is 0 Å². The van der Waals surface area contributed by atoms with Crippen molar-refractivity contribution in [2.24, 2.45) is 0 Å². The van der Waals surface area contributed by atoms with Crippen molar-refractivity contribution in [1.29, 1.82) is 0 Å². The summed E-state index contributed by atoms with van der Waals surface area (Å²) in [5, 5.41) is 9.23. The van der Waals surface area contributed by atoms with Crippen molar-refractivity contribution in [3.05, 3.63) is 54.1 Å². The van der Waals surface area contributed by atoms with Crippen LogP contribution in [0.3, 0.4) is 0 Å². The fourth-order valence-corrected chi connectivity index (χ4v) is 23.4. The number of hydrogen-bond acceptors (Lipinski definition) is 1. The molecule has 1 atom stereocenters. The second-order valence-corrected chi connectivity index (χ2v) is 25.4. The summed E-state index contributed by atoms with van der Waals surface area (Å²) in [7, 11) is 0.000862. The van der Waals surface area contributed by atoms with E-state index in [0.717, 1.165) is 5.75 Å². The fourth-order valence-electron chi connectivity index (χ4n) is 5.72. The van der Waals surface area contributed by atoms with Gasteiger partial charge in [-0.1, -0.05) is 0 Å². The molecule has 2 aromatic rings. The second-order valence-electron chi connectivity index (χ2n) is 9.48. The summed E-state index contributed by atoms with van der Waals surface area (Å²) in [4.78, 5) is 0. The first-order valence-corrected chi connectivity index (χ1v) is 19.5. The molecule has 3 rings (SSSR count). The molecule has 0 fully saturated rings. The predicted octanol–water partition coefficient (Wildman–Crippen LogP) is 6.06. The minimum absolute atomic E-state index is 0.254. The average Bonchev–Trinajstić information content (AvgIpc) is 2.97. The normalized spacial score (nSPS) is 20.8. The van der Waals surface area contributed by atoms with Crippen LogP contribution < -0.4 is 15.1 Å². The Labute approximate surface area is 176 Å². The molecule has 152 valence electrons. The number of methoxy groups -OCH3 is 1. The van der Waals surface area contributed by atoms with Gasteiger partial charge in [-0.3, -0.25) is 0 Å². The molecule has 1 nitrogen and oxygen atoms in total. The van der Waals surface area contributed by atoms with E-state index in [2.05, 4.69) is 83.1 Å². The van der Waals surface area contributed by atoms with E-state index < -0.39 is 21.3 Å². The van der Waals surface area contributed by atoms with Crippen LogP contribution in [0.2, 0.25) is 33.1 Å². The van der Waals surface area contributed by atoms with Crippen molar-refractivity contribution < 1.29 is 4.74 Å². The Morgan fingerprint density at radius 2 is 1.61 bits per heavy atom. The third-order valence-corrected chi connectivity index (χ3v) is 26.6. The quantitative estimate of drug-likeness (QED) is 0.440. The number of fused-ring (bicyclic) bond motifs is 1. The molecular formula is C25H38GeOSi. The Morgan fingerprint density at radius 3 is 2.18 bits per heavy atom. The zero-order chi connectivity index (χ0) is 20.4. The van der Waals surface area contributed by atoms with Gasteiger partial charge in [0.2, 0.25) is 0 Å². The maximum absolute atomic E-state index is 5.68. The Balaban J connectivity index is 2.15. The Bertz CT molecular complexity index is 789. The van der Waals surface area contributed by atoms with E-state index in [4.69, 9.17) is 4.74 Å². The molecule has 0 bridgehead atoms. The van der Waals surface area contributed by atoms with Crippen LogP contribution in [-0.2, 0) is 5.41 Å². The summed E-state index contributed by atoms with van der Waals surface area (Å²) in [6.45, 7) is 12.3. The molecule has 1 aliphatic heterocycles. The van der Waals surface area contributed by atoms with Gasteiger partial charge in [-0.15, -0.1) is 0 Å².